The topological polar surface area (TPSA) is 29.3 Å². The number of hydrogen-bond donors (Lipinski definition) is 1. The molecule has 2 heteroatoms. The zero-order valence-electron chi connectivity index (χ0n) is 12.2. The molecule has 1 aliphatic heterocycles. The van der Waals surface area contributed by atoms with E-state index in [0.29, 0.717) is 11.8 Å². The quantitative estimate of drug-likeness (QED) is 0.813. The zero-order valence-corrected chi connectivity index (χ0v) is 12.2. The standard InChI is InChI=1S/C16H26N2/c1-11(2)14-9-13(18-7-5-6-8-18)10-15(12(3)4)16(14)17/h9-12H,5-8,17H2,1-4H3. The van der Waals surface area contributed by atoms with E-state index in [1.54, 1.807) is 0 Å². The molecule has 0 bridgehead atoms. The lowest BCUT2D eigenvalue weighted by atomic mass is 9.92. The molecule has 0 unspecified atom stereocenters. The first-order valence-corrected chi connectivity index (χ1v) is 7.19. The maximum atomic E-state index is 6.33. The van der Waals surface area contributed by atoms with Gasteiger partial charge in [0.25, 0.3) is 0 Å². The average Bonchev–Trinajstić information content (AvgIpc) is 2.82. The fraction of sp³-hybridized carbons (Fsp3) is 0.625. The van der Waals surface area contributed by atoms with Gasteiger partial charge in [-0.3, -0.25) is 0 Å². The smallest absolute Gasteiger partial charge is 0.0385 e. The van der Waals surface area contributed by atoms with Crippen LogP contribution in [0.25, 0.3) is 0 Å². The van der Waals surface area contributed by atoms with Crippen LogP contribution >= 0.6 is 0 Å². The lowest BCUT2D eigenvalue weighted by Gasteiger charge is -2.24. The van der Waals surface area contributed by atoms with Crippen LogP contribution in [-0.4, -0.2) is 13.1 Å². The second-order valence-corrected chi connectivity index (χ2v) is 6.04. The number of rotatable bonds is 3. The van der Waals surface area contributed by atoms with Gasteiger partial charge >= 0.3 is 0 Å². The number of nitrogens with two attached hydrogens (primary N) is 1. The number of hydrogen-bond acceptors (Lipinski definition) is 2. The number of nitrogen functional groups attached to an aromatic ring is 1. The van der Waals surface area contributed by atoms with E-state index in [2.05, 4.69) is 44.7 Å². The summed E-state index contributed by atoms with van der Waals surface area (Å²) in [7, 11) is 0. The molecule has 0 atom stereocenters. The second kappa shape index (κ2) is 5.21. The van der Waals surface area contributed by atoms with Gasteiger partial charge in [-0.05, 0) is 47.9 Å². The average molecular weight is 246 g/mol. The molecule has 0 aliphatic carbocycles. The van der Waals surface area contributed by atoms with Crippen molar-refractivity contribution in [1.29, 1.82) is 0 Å². The number of benzene rings is 1. The summed E-state index contributed by atoms with van der Waals surface area (Å²) in [6, 6.07) is 4.61. The third kappa shape index (κ3) is 2.47. The predicted octanol–water partition coefficient (Wildman–Crippen LogP) is 4.12. The van der Waals surface area contributed by atoms with Gasteiger partial charge < -0.3 is 10.6 Å². The van der Waals surface area contributed by atoms with Gasteiger partial charge in [0.2, 0.25) is 0 Å². The monoisotopic (exact) mass is 246 g/mol. The Bertz CT molecular complexity index is 386. The Labute approximate surface area is 111 Å². The lowest BCUT2D eigenvalue weighted by Crippen LogP contribution is -2.19. The molecular formula is C16H26N2. The minimum absolute atomic E-state index is 0.491. The molecule has 0 aromatic heterocycles. The summed E-state index contributed by atoms with van der Waals surface area (Å²) in [5.41, 5.74) is 11.3. The van der Waals surface area contributed by atoms with Crippen LogP contribution in [0.3, 0.4) is 0 Å². The maximum absolute atomic E-state index is 6.33. The molecule has 1 aromatic carbocycles. The van der Waals surface area contributed by atoms with E-state index in [1.807, 2.05) is 0 Å². The second-order valence-electron chi connectivity index (χ2n) is 6.04. The number of anilines is 2. The number of nitrogens with zero attached hydrogens (tertiary/aromatic N) is 1. The first-order valence-electron chi connectivity index (χ1n) is 7.19. The highest BCUT2D eigenvalue weighted by Crippen LogP contribution is 2.35. The summed E-state index contributed by atoms with van der Waals surface area (Å²) in [5, 5.41) is 0. The minimum Gasteiger partial charge on any atom is -0.398 e. The van der Waals surface area contributed by atoms with Crippen LogP contribution in [0.15, 0.2) is 12.1 Å². The third-order valence-corrected chi connectivity index (χ3v) is 3.94. The summed E-state index contributed by atoms with van der Waals surface area (Å²) in [6.45, 7) is 11.3. The van der Waals surface area contributed by atoms with Crippen LogP contribution in [0.1, 0.15) is 63.5 Å². The summed E-state index contributed by atoms with van der Waals surface area (Å²) in [6.07, 6.45) is 2.64. The summed E-state index contributed by atoms with van der Waals surface area (Å²) in [4.78, 5) is 2.50. The molecule has 18 heavy (non-hydrogen) atoms. The third-order valence-electron chi connectivity index (χ3n) is 3.94. The first-order chi connectivity index (χ1) is 8.50. The molecule has 1 aliphatic rings. The van der Waals surface area contributed by atoms with Gasteiger partial charge in [-0.2, -0.15) is 0 Å². The Morgan fingerprint density at radius 2 is 1.39 bits per heavy atom. The normalized spacial score (nSPS) is 16.0. The SMILES string of the molecule is CC(C)c1cc(N2CCCC2)cc(C(C)C)c1N. The molecule has 1 saturated heterocycles. The van der Waals surface area contributed by atoms with Crippen molar-refractivity contribution in [3.63, 3.8) is 0 Å². The van der Waals surface area contributed by atoms with Crippen molar-refractivity contribution in [2.24, 2.45) is 0 Å². The molecule has 2 N–H and O–H groups in total. The van der Waals surface area contributed by atoms with Crippen LogP contribution in [0.5, 0.6) is 0 Å². The molecule has 1 heterocycles. The van der Waals surface area contributed by atoms with Crippen LogP contribution in [0.4, 0.5) is 11.4 Å². The molecular weight excluding hydrogens is 220 g/mol. The van der Waals surface area contributed by atoms with E-state index in [9.17, 15) is 0 Å². The van der Waals surface area contributed by atoms with Crippen molar-refractivity contribution in [1.82, 2.24) is 0 Å². The van der Waals surface area contributed by atoms with Crippen molar-refractivity contribution in [2.75, 3.05) is 23.7 Å². The Morgan fingerprint density at radius 3 is 1.78 bits per heavy atom. The fourth-order valence-corrected chi connectivity index (χ4v) is 2.80. The Hall–Kier alpha value is -1.18. The van der Waals surface area contributed by atoms with E-state index < -0.39 is 0 Å². The van der Waals surface area contributed by atoms with Gasteiger partial charge in [0.1, 0.15) is 0 Å². The van der Waals surface area contributed by atoms with Crippen molar-refractivity contribution in [2.45, 2.75) is 52.4 Å². The van der Waals surface area contributed by atoms with Crippen molar-refractivity contribution in [3.05, 3.63) is 23.3 Å². The summed E-state index contributed by atoms with van der Waals surface area (Å²) in [5.74, 6) is 0.982. The fourth-order valence-electron chi connectivity index (χ4n) is 2.80. The van der Waals surface area contributed by atoms with E-state index in [4.69, 9.17) is 5.73 Å². The van der Waals surface area contributed by atoms with Gasteiger partial charge in [0.15, 0.2) is 0 Å². The molecule has 1 aromatic rings. The molecule has 0 radical (unpaired) electrons. The highest BCUT2D eigenvalue weighted by atomic mass is 15.1. The zero-order chi connectivity index (χ0) is 13.3. The first kappa shape index (κ1) is 13.3. The summed E-state index contributed by atoms with van der Waals surface area (Å²) < 4.78 is 0. The van der Waals surface area contributed by atoms with Gasteiger partial charge in [0.05, 0.1) is 0 Å². The van der Waals surface area contributed by atoms with Gasteiger partial charge in [0, 0.05) is 24.5 Å². The van der Waals surface area contributed by atoms with E-state index in [1.165, 1.54) is 42.7 Å². The molecule has 1 fully saturated rings. The van der Waals surface area contributed by atoms with Crippen molar-refractivity contribution < 1.29 is 0 Å². The minimum atomic E-state index is 0.491. The van der Waals surface area contributed by atoms with Crippen molar-refractivity contribution >= 4 is 11.4 Å². The lowest BCUT2D eigenvalue weighted by molar-refractivity contribution is 0.834. The largest absolute Gasteiger partial charge is 0.398 e. The molecule has 0 amide bonds. The van der Waals surface area contributed by atoms with Crippen LogP contribution in [-0.2, 0) is 0 Å². The van der Waals surface area contributed by atoms with E-state index in [0.717, 1.165) is 5.69 Å². The van der Waals surface area contributed by atoms with E-state index >= 15 is 0 Å². The molecule has 2 rings (SSSR count). The van der Waals surface area contributed by atoms with Crippen LogP contribution < -0.4 is 10.6 Å². The molecule has 0 spiro atoms. The molecule has 0 saturated carbocycles. The summed E-state index contributed by atoms with van der Waals surface area (Å²) >= 11 is 0. The van der Waals surface area contributed by atoms with Gasteiger partial charge in [-0.15, -0.1) is 0 Å². The maximum Gasteiger partial charge on any atom is 0.0385 e. The Kier molecular flexibility index (Phi) is 3.84. The van der Waals surface area contributed by atoms with Crippen LogP contribution in [0, 0.1) is 0 Å². The van der Waals surface area contributed by atoms with Gasteiger partial charge in [-0.1, -0.05) is 27.7 Å². The van der Waals surface area contributed by atoms with Crippen molar-refractivity contribution in [3.8, 4) is 0 Å². The molecule has 2 nitrogen and oxygen atoms in total. The highest BCUT2D eigenvalue weighted by Gasteiger charge is 2.18. The van der Waals surface area contributed by atoms with Crippen LogP contribution in [0.2, 0.25) is 0 Å². The Morgan fingerprint density at radius 1 is 0.944 bits per heavy atom. The highest BCUT2D eigenvalue weighted by molar-refractivity contribution is 5.65. The Balaban J connectivity index is 2.47. The molecule has 100 valence electrons. The predicted molar refractivity (Wildman–Crippen MR) is 80.5 cm³/mol. The van der Waals surface area contributed by atoms with E-state index in [-0.39, 0.29) is 0 Å². The van der Waals surface area contributed by atoms with Gasteiger partial charge in [-0.25, -0.2) is 0 Å².